The molecule has 0 fully saturated rings. The summed E-state index contributed by atoms with van der Waals surface area (Å²) in [5, 5.41) is 17.4. The smallest absolute Gasteiger partial charge is 0.371 e. The molecule has 176 valence electrons. The number of carbonyl (C=O) groups is 1. The van der Waals surface area contributed by atoms with Gasteiger partial charge < -0.3 is 5.32 Å². The summed E-state index contributed by atoms with van der Waals surface area (Å²) in [6.07, 6.45) is -0.484. The predicted octanol–water partition coefficient (Wildman–Crippen LogP) is 3.27. The summed E-state index contributed by atoms with van der Waals surface area (Å²) in [6.45, 7) is 0.335. The van der Waals surface area contributed by atoms with Crippen LogP contribution in [0.2, 0.25) is 5.15 Å². The number of urea groups is 1. The first-order valence-electron chi connectivity index (χ1n) is 9.88. The number of amides is 2. The van der Waals surface area contributed by atoms with E-state index in [9.17, 15) is 18.0 Å². The molecule has 0 saturated heterocycles. The van der Waals surface area contributed by atoms with Crippen molar-refractivity contribution in [2.24, 2.45) is 0 Å². The SMILES string of the molecule is CNc1nc(NC(=O)N2CC(C)(C(F)(F)F)c3c2cnc2cc(Cl)nn32)ccc1-n1nccn1. The van der Waals surface area contributed by atoms with Gasteiger partial charge in [0, 0.05) is 19.7 Å². The monoisotopic (exact) mass is 492 g/mol. The number of rotatable bonds is 3. The minimum atomic E-state index is -4.68. The lowest BCUT2D eigenvalue weighted by Gasteiger charge is -2.28. The van der Waals surface area contributed by atoms with Crippen molar-refractivity contribution >= 4 is 40.6 Å². The van der Waals surface area contributed by atoms with E-state index < -0.39 is 24.2 Å². The third-order valence-electron chi connectivity index (χ3n) is 5.57. The second-order valence-electron chi connectivity index (χ2n) is 7.71. The number of pyridine rings is 1. The van der Waals surface area contributed by atoms with E-state index in [1.54, 1.807) is 13.1 Å². The van der Waals surface area contributed by atoms with Crippen molar-refractivity contribution in [2.45, 2.75) is 18.5 Å². The Labute approximate surface area is 194 Å². The third kappa shape index (κ3) is 3.29. The Morgan fingerprint density at radius 3 is 2.62 bits per heavy atom. The lowest BCUT2D eigenvalue weighted by molar-refractivity contribution is -0.181. The Morgan fingerprint density at radius 1 is 1.21 bits per heavy atom. The fourth-order valence-corrected chi connectivity index (χ4v) is 4.05. The molecule has 0 saturated carbocycles. The number of carbonyl (C=O) groups excluding carboxylic acids is 1. The Kier molecular flexibility index (Phi) is 4.86. The highest BCUT2D eigenvalue weighted by Crippen LogP contribution is 2.50. The van der Waals surface area contributed by atoms with Gasteiger partial charge in [0.15, 0.2) is 16.6 Å². The van der Waals surface area contributed by atoms with Crippen molar-refractivity contribution in [3.8, 4) is 5.69 Å². The number of hydrogen-bond donors (Lipinski definition) is 2. The second-order valence-corrected chi connectivity index (χ2v) is 8.10. The van der Waals surface area contributed by atoms with Gasteiger partial charge in [-0.3, -0.25) is 10.2 Å². The maximum atomic E-state index is 14.2. The number of halogens is 4. The van der Waals surface area contributed by atoms with E-state index in [2.05, 4.69) is 35.9 Å². The van der Waals surface area contributed by atoms with Crippen molar-refractivity contribution in [1.29, 1.82) is 0 Å². The van der Waals surface area contributed by atoms with E-state index in [0.717, 1.165) is 16.3 Å². The van der Waals surface area contributed by atoms with Crippen molar-refractivity contribution in [1.82, 2.24) is 34.6 Å². The van der Waals surface area contributed by atoms with Crippen LogP contribution in [0.3, 0.4) is 0 Å². The van der Waals surface area contributed by atoms with Gasteiger partial charge in [-0.15, -0.1) is 4.80 Å². The highest BCUT2D eigenvalue weighted by molar-refractivity contribution is 6.29. The first-order chi connectivity index (χ1) is 16.1. The van der Waals surface area contributed by atoms with Crippen LogP contribution in [0.15, 0.2) is 36.8 Å². The molecule has 11 nitrogen and oxygen atoms in total. The molecule has 0 radical (unpaired) electrons. The van der Waals surface area contributed by atoms with Crippen LogP contribution in [0, 0.1) is 0 Å². The normalized spacial score (nSPS) is 17.8. The molecule has 1 atom stereocenters. The molecule has 1 aliphatic heterocycles. The zero-order valence-electron chi connectivity index (χ0n) is 17.7. The van der Waals surface area contributed by atoms with Crippen LogP contribution in [0.1, 0.15) is 12.6 Å². The molecule has 1 aliphatic rings. The summed E-state index contributed by atoms with van der Waals surface area (Å²) in [6, 6.07) is 3.64. The Hall–Kier alpha value is -3.94. The zero-order chi connectivity index (χ0) is 24.3. The molecule has 0 spiro atoms. The Balaban J connectivity index is 1.52. The number of fused-ring (bicyclic) bond motifs is 3. The Morgan fingerprint density at radius 2 is 1.94 bits per heavy atom. The highest BCUT2D eigenvalue weighted by atomic mass is 35.5. The van der Waals surface area contributed by atoms with Gasteiger partial charge in [-0.05, 0) is 19.1 Å². The minimum absolute atomic E-state index is 0.0103. The molecule has 4 aromatic rings. The maximum Gasteiger partial charge on any atom is 0.401 e. The van der Waals surface area contributed by atoms with Crippen molar-refractivity contribution < 1.29 is 18.0 Å². The van der Waals surface area contributed by atoms with E-state index in [1.807, 2.05) is 0 Å². The van der Waals surface area contributed by atoms with E-state index in [1.165, 1.54) is 35.5 Å². The molecule has 1 unspecified atom stereocenters. The number of nitrogens with one attached hydrogen (secondary N) is 2. The molecule has 5 rings (SSSR count). The van der Waals surface area contributed by atoms with Crippen LogP contribution in [0.25, 0.3) is 11.3 Å². The molecular formula is C19H16ClF3N10O. The van der Waals surface area contributed by atoms with Crippen LogP contribution in [0.4, 0.5) is 35.3 Å². The number of anilines is 3. The largest absolute Gasteiger partial charge is 0.401 e. The predicted molar refractivity (Wildman–Crippen MR) is 116 cm³/mol. The van der Waals surface area contributed by atoms with E-state index in [-0.39, 0.29) is 28.0 Å². The molecule has 15 heteroatoms. The van der Waals surface area contributed by atoms with Crippen LogP contribution in [-0.2, 0) is 5.41 Å². The fourth-order valence-electron chi connectivity index (χ4n) is 3.88. The van der Waals surface area contributed by atoms with Crippen LogP contribution in [0.5, 0.6) is 0 Å². The minimum Gasteiger partial charge on any atom is -0.371 e. The van der Waals surface area contributed by atoms with Gasteiger partial charge in [-0.25, -0.2) is 19.3 Å². The second kappa shape index (κ2) is 7.55. The van der Waals surface area contributed by atoms with Crippen molar-refractivity contribution in [3.05, 3.63) is 47.6 Å². The number of alkyl halides is 3. The van der Waals surface area contributed by atoms with Gasteiger partial charge in [-0.1, -0.05) is 11.6 Å². The van der Waals surface area contributed by atoms with Gasteiger partial charge in [0.1, 0.15) is 16.9 Å². The topological polar surface area (TPSA) is 118 Å². The van der Waals surface area contributed by atoms with Crippen LogP contribution < -0.4 is 15.5 Å². The summed E-state index contributed by atoms with van der Waals surface area (Å²) < 4.78 is 43.7. The van der Waals surface area contributed by atoms with Gasteiger partial charge in [-0.2, -0.15) is 28.5 Å². The first kappa shape index (κ1) is 21.9. The van der Waals surface area contributed by atoms with Crippen molar-refractivity contribution in [3.63, 3.8) is 0 Å². The average Bonchev–Trinajstić information content (AvgIpc) is 3.50. The summed E-state index contributed by atoms with van der Waals surface area (Å²) >= 11 is 5.91. The average molecular weight is 493 g/mol. The van der Waals surface area contributed by atoms with Gasteiger partial charge in [0.25, 0.3) is 0 Å². The summed E-state index contributed by atoms with van der Waals surface area (Å²) in [5.41, 5.74) is -2.00. The van der Waals surface area contributed by atoms with E-state index >= 15 is 0 Å². The molecule has 5 heterocycles. The van der Waals surface area contributed by atoms with Gasteiger partial charge in [0.2, 0.25) is 0 Å². The first-order valence-corrected chi connectivity index (χ1v) is 10.3. The highest BCUT2D eigenvalue weighted by Gasteiger charge is 2.60. The molecule has 0 aromatic carbocycles. The molecular weight excluding hydrogens is 477 g/mol. The molecule has 4 aromatic heterocycles. The Bertz CT molecular complexity index is 1400. The van der Waals surface area contributed by atoms with Crippen LogP contribution >= 0.6 is 11.6 Å². The summed E-state index contributed by atoms with van der Waals surface area (Å²) in [4.78, 5) is 23.8. The van der Waals surface area contributed by atoms with Crippen molar-refractivity contribution in [2.75, 3.05) is 29.1 Å². The number of hydrogen-bond acceptors (Lipinski definition) is 7. The maximum absolute atomic E-state index is 14.2. The van der Waals surface area contributed by atoms with Crippen LogP contribution in [-0.4, -0.2) is 60.4 Å². The molecule has 2 N–H and O–H groups in total. The molecule has 0 bridgehead atoms. The van der Waals surface area contributed by atoms with Gasteiger partial charge in [0.05, 0.1) is 30.0 Å². The van der Waals surface area contributed by atoms with E-state index in [0.29, 0.717) is 11.5 Å². The summed E-state index contributed by atoms with van der Waals surface area (Å²) in [7, 11) is 1.62. The zero-order valence-corrected chi connectivity index (χ0v) is 18.4. The summed E-state index contributed by atoms with van der Waals surface area (Å²) in [5.74, 6) is 0.467. The molecule has 0 aliphatic carbocycles. The van der Waals surface area contributed by atoms with E-state index in [4.69, 9.17) is 11.6 Å². The molecule has 2 amide bonds. The number of nitrogens with zero attached hydrogens (tertiary/aromatic N) is 8. The molecule has 34 heavy (non-hydrogen) atoms. The fraction of sp³-hybridized carbons (Fsp3) is 0.263. The number of aromatic nitrogens is 7. The quantitative estimate of drug-likeness (QED) is 0.450. The standard InChI is InChI=1S/C19H16ClF3N10O/c1-18(19(21,22)23)9-31(11-8-25-14-7-12(20)30-32(14)15(11)18)17(34)29-13-4-3-10(16(24-2)28-13)33-26-5-6-27-33/h3-8H,9H2,1-2H3,(H2,24,28,29,34). The van der Waals surface area contributed by atoms with Gasteiger partial charge >= 0.3 is 12.2 Å². The lowest BCUT2D eigenvalue weighted by atomic mass is 9.88. The third-order valence-corrected chi connectivity index (χ3v) is 5.76. The lowest BCUT2D eigenvalue weighted by Crippen LogP contribution is -2.46.